The molecule has 0 aliphatic carbocycles. The Kier molecular flexibility index (Phi) is 7.03. The molecule has 6 heteroatoms. The fraction of sp³-hybridized carbons (Fsp3) is 0.250. The van der Waals surface area contributed by atoms with Crippen LogP contribution in [0.3, 0.4) is 0 Å². The monoisotopic (exact) mass is 421 g/mol. The summed E-state index contributed by atoms with van der Waals surface area (Å²) in [5.41, 5.74) is 1.56. The first kappa shape index (κ1) is 21.7. The lowest BCUT2D eigenvalue weighted by Gasteiger charge is -2.30. The second kappa shape index (κ2) is 9.69. The number of amides is 2. The molecule has 3 N–H and O–H groups in total. The number of para-hydroxylation sites is 2. The molecule has 156 valence electrons. The number of nitrogens with one attached hydrogen (secondary N) is 3. The minimum Gasteiger partial charge on any atom is -0.324 e. The van der Waals surface area contributed by atoms with Crippen molar-refractivity contribution in [3.05, 3.63) is 82.6 Å². The Morgan fingerprint density at radius 2 is 1.60 bits per heavy atom. The summed E-state index contributed by atoms with van der Waals surface area (Å²) in [6, 6.07) is 20.4. The number of hydrogen-bond acceptors (Lipinski definition) is 4. The number of hydrogen-bond donors (Lipinski definition) is 3. The van der Waals surface area contributed by atoms with Crippen LogP contribution in [0.5, 0.6) is 0 Å². The minimum atomic E-state index is -0.267. The van der Waals surface area contributed by atoms with Crippen LogP contribution in [0, 0.1) is 5.41 Å². The van der Waals surface area contributed by atoms with Gasteiger partial charge in [-0.05, 0) is 41.1 Å². The molecule has 3 rings (SSSR count). The summed E-state index contributed by atoms with van der Waals surface area (Å²) in [4.78, 5) is 26.5. The van der Waals surface area contributed by atoms with E-state index in [1.807, 2.05) is 41.8 Å². The van der Waals surface area contributed by atoms with Gasteiger partial charge in [-0.1, -0.05) is 57.2 Å². The molecular weight excluding hydrogens is 394 g/mol. The lowest BCUT2D eigenvalue weighted by Crippen LogP contribution is -2.37. The van der Waals surface area contributed by atoms with Crippen molar-refractivity contribution in [3.8, 4) is 0 Å². The SMILES string of the molecule is CC(C)(C)C(NCC(=O)Nc1ccccc1C(=O)Nc1ccccc1)c1cccs1. The molecule has 1 unspecified atom stereocenters. The van der Waals surface area contributed by atoms with Crippen LogP contribution in [0.4, 0.5) is 11.4 Å². The third-order valence-corrected chi connectivity index (χ3v) is 5.58. The highest BCUT2D eigenvalue weighted by Gasteiger charge is 2.27. The second-order valence-electron chi connectivity index (χ2n) is 8.11. The van der Waals surface area contributed by atoms with Crippen LogP contribution in [0.1, 0.15) is 42.0 Å². The van der Waals surface area contributed by atoms with Gasteiger partial charge in [-0.3, -0.25) is 9.59 Å². The summed E-state index contributed by atoms with van der Waals surface area (Å²) in [6.45, 7) is 6.58. The van der Waals surface area contributed by atoms with Crippen LogP contribution in [-0.2, 0) is 4.79 Å². The molecule has 1 heterocycles. The maximum absolute atomic E-state index is 12.7. The normalized spacial score (nSPS) is 12.2. The van der Waals surface area contributed by atoms with Crippen LogP contribution in [0.15, 0.2) is 72.1 Å². The van der Waals surface area contributed by atoms with E-state index >= 15 is 0 Å². The molecule has 30 heavy (non-hydrogen) atoms. The van der Waals surface area contributed by atoms with E-state index in [1.165, 1.54) is 4.88 Å². The molecular formula is C24H27N3O2S. The van der Waals surface area contributed by atoms with Gasteiger partial charge in [0, 0.05) is 16.6 Å². The minimum absolute atomic E-state index is 0.0430. The van der Waals surface area contributed by atoms with Gasteiger partial charge in [0.2, 0.25) is 5.91 Å². The first-order valence-electron chi connectivity index (χ1n) is 9.86. The number of benzene rings is 2. The molecule has 0 radical (unpaired) electrons. The van der Waals surface area contributed by atoms with Gasteiger partial charge < -0.3 is 16.0 Å². The first-order valence-corrected chi connectivity index (χ1v) is 10.7. The van der Waals surface area contributed by atoms with Crippen LogP contribution in [0.25, 0.3) is 0 Å². The van der Waals surface area contributed by atoms with Crippen molar-refractivity contribution in [3.63, 3.8) is 0 Å². The van der Waals surface area contributed by atoms with E-state index in [2.05, 4.69) is 42.8 Å². The van der Waals surface area contributed by atoms with Crippen molar-refractivity contribution in [1.82, 2.24) is 5.32 Å². The van der Waals surface area contributed by atoms with Crippen molar-refractivity contribution in [1.29, 1.82) is 0 Å². The van der Waals surface area contributed by atoms with E-state index in [1.54, 1.807) is 35.6 Å². The summed E-state index contributed by atoms with van der Waals surface area (Å²) in [5, 5.41) is 11.1. The molecule has 0 aliphatic heterocycles. The van der Waals surface area contributed by atoms with E-state index in [-0.39, 0.29) is 29.8 Å². The van der Waals surface area contributed by atoms with Crippen molar-refractivity contribution < 1.29 is 9.59 Å². The number of carbonyl (C=O) groups is 2. The molecule has 1 aromatic heterocycles. The zero-order valence-electron chi connectivity index (χ0n) is 17.4. The Morgan fingerprint density at radius 1 is 0.900 bits per heavy atom. The Balaban J connectivity index is 1.66. The van der Waals surface area contributed by atoms with Crippen LogP contribution < -0.4 is 16.0 Å². The van der Waals surface area contributed by atoms with Gasteiger partial charge in [0.25, 0.3) is 5.91 Å². The number of thiophene rings is 1. The molecule has 1 atom stereocenters. The van der Waals surface area contributed by atoms with Gasteiger partial charge >= 0.3 is 0 Å². The predicted molar refractivity (Wildman–Crippen MR) is 124 cm³/mol. The highest BCUT2D eigenvalue weighted by Crippen LogP contribution is 2.34. The molecule has 2 aromatic carbocycles. The highest BCUT2D eigenvalue weighted by molar-refractivity contribution is 7.10. The quantitative estimate of drug-likeness (QED) is 0.484. The van der Waals surface area contributed by atoms with Gasteiger partial charge in [0.1, 0.15) is 0 Å². The van der Waals surface area contributed by atoms with Crippen LogP contribution >= 0.6 is 11.3 Å². The number of anilines is 2. The smallest absolute Gasteiger partial charge is 0.257 e. The summed E-state index contributed by atoms with van der Waals surface area (Å²) < 4.78 is 0. The predicted octanol–water partition coefficient (Wildman–Crippen LogP) is 5.32. The van der Waals surface area contributed by atoms with Gasteiger partial charge in [-0.15, -0.1) is 11.3 Å². The van der Waals surface area contributed by atoms with Gasteiger partial charge in [-0.2, -0.15) is 0 Å². The Hall–Kier alpha value is -2.96. The van der Waals surface area contributed by atoms with Gasteiger partial charge in [-0.25, -0.2) is 0 Å². The molecule has 0 spiro atoms. The average Bonchev–Trinajstić information content (AvgIpc) is 3.22. The second-order valence-corrected chi connectivity index (χ2v) is 9.09. The standard InChI is InChI=1S/C24H27N3O2S/c1-24(2,3)22(20-14-9-15-30-20)25-16-21(28)27-19-13-8-7-12-18(19)23(29)26-17-10-5-4-6-11-17/h4-15,22,25H,16H2,1-3H3,(H,26,29)(H,27,28). The molecule has 0 saturated carbocycles. The summed E-state index contributed by atoms with van der Waals surface area (Å²) in [7, 11) is 0. The lowest BCUT2D eigenvalue weighted by atomic mass is 9.86. The van der Waals surface area contributed by atoms with Gasteiger partial charge in [0.15, 0.2) is 0 Å². The lowest BCUT2D eigenvalue weighted by molar-refractivity contribution is -0.115. The molecule has 0 aliphatic rings. The summed E-state index contributed by atoms with van der Waals surface area (Å²) >= 11 is 1.67. The third-order valence-electron chi connectivity index (χ3n) is 4.64. The summed E-state index contributed by atoms with van der Waals surface area (Å²) in [5.74, 6) is -0.461. The topological polar surface area (TPSA) is 70.2 Å². The molecule has 3 aromatic rings. The molecule has 2 amide bonds. The molecule has 0 fully saturated rings. The zero-order chi connectivity index (χ0) is 21.6. The first-order chi connectivity index (χ1) is 14.3. The number of rotatable bonds is 7. The fourth-order valence-electron chi connectivity index (χ4n) is 3.19. The van der Waals surface area contributed by atoms with E-state index in [9.17, 15) is 9.59 Å². The highest BCUT2D eigenvalue weighted by atomic mass is 32.1. The van der Waals surface area contributed by atoms with E-state index < -0.39 is 0 Å². The largest absolute Gasteiger partial charge is 0.324 e. The average molecular weight is 422 g/mol. The molecule has 0 bridgehead atoms. The van der Waals surface area contributed by atoms with Crippen molar-refractivity contribution >= 4 is 34.5 Å². The third kappa shape index (κ3) is 5.78. The van der Waals surface area contributed by atoms with Crippen molar-refractivity contribution in [2.24, 2.45) is 5.41 Å². The maximum atomic E-state index is 12.7. The fourth-order valence-corrected chi connectivity index (χ4v) is 4.23. The van der Waals surface area contributed by atoms with E-state index in [0.717, 1.165) is 0 Å². The Bertz CT molecular complexity index is 979. The van der Waals surface area contributed by atoms with E-state index in [0.29, 0.717) is 16.9 Å². The molecule has 0 saturated heterocycles. The van der Waals surface area contributed by atoms with E-state index in [4.69, 9.17) is 0 Å². The Labute approximate surface area is 181 Å². The zero-order valence-corrected chi connectivity index (χ0v) is 18.3. The van der Waals surface area contributed by atoms with Crippen LogP contribution in [-0.4, -0.2) is 18.4 Å². The van der Waals surface area contributed by atoms with Crippen LogP contribution in [0.2, 0.25) is 0 Å². The van der Waals surface area contributed by atoms with Crippen molar-refractivity contribution in [2.45, 2.75) is 26.8 Å². The maximum Gasteiger partial charge on any atom is 0.257 e. The van der Waals surface area contributed by atoms with Gasteiger partial charge in [0.05, 0.1) is 17.8 Å². The van der Waals surface area contributed by atoms with Crippen molar-refractivity contribution in [2.75, 3.05) is 17.2 Å². The number of carbonyl (C=O) groups excluding carboxylic acids is 2. The Morgan fingerprint density at radius 3 is 2.27 bits per heavy atom. The summed E-state index contributed by atoms with van der Waals surface area (Å²) in [6.07, 6.45) is 0. The molecule has 5 nitrogen and oxygen atoms in total.